The summed E-state index contributed by atoms with van der Waals surface area (Å²) in [5.41, 5.74) is 0. The SMILES string of the molecule is CCCP(=O)([O-])OC.CCCP(=O)([O-])OC.[Mg+2]. The van der Waals surface area contributed by atoms with Gasteiger partial charge in [0.05, 0.1) is 0 Å². The van der Waals surface area contributed by atoms with Crippen LogP contribution in [0.1, 0.15) is 26.7 Å². The molecule has 0 saturated carbocycles. The molecule has 2 atom stereocenters. The number of hydrogen-bond donors (Lipinski definition) is 0. The molecule has 0 aliphatic carbocycles. The molecule has 0 spiro atoms. The molecule has 0 heterocycles. The fourth-order valence-electron chi connectivity index (χ4n) is 0.730. The van der Waals surface area contributed by atoms with Crippen LogP contribution in [0.5, 0.6) is 0 Å². The summed E-state index contributed by atoms with van der Waals surface area (Å²) < 4.78 is 29.2. The van der Waals surface area contributed by atoms with E-state index in [0.29, 0.717) is 12.8 Å². The number of hydrogen-bond acceptors (Lipinski definition) is 6. The van der Waals surface area contributed by atoms with Gasteiger partial charge in [-0.3, -0.25) is 0 Å². The molecule has 0 aromatic heterocycles. The predicted molar refractivity (Wildman–Crippen MR) is 65.3 cm³/mol. The first-order valence-corrected chi connectivity index (χ1v) is 8.41. The summed E-state index contributed by atoms with van der Waals surface area (Å²) in [6.45, 7) is 3.59. The Bertz CT molecular complexity index is 234. The van der Waals surface area contributed by atoms with Crippen LogP contribution >= 0.6 is 15.2 Å². The molecule has 6 nitrogen and oxygen atoms in total. The zero-order chi connectivity index (χ0) is 13.2. The molecular weight excluding hydrogens is 278 g/mol. The van der Waals surface area contributed by atoms with Gasteiger partial charge in [0.15, 0.2) is 0 Å². The molecule has 9 heteroatoms. The first kappa shape index (κ1) is 23.2. The van der Waals surface area contributed by atoms with Gasteiger partial charge < -0.3 is 28.0 Å². The normalized spacial score (nSPS) is 16.8. The van der Waals surface area contributed by atoms with Crippen LogP contribution in [0, 0.1) is 0 Å². The van der Waals surface area contributed by atoms with Crippen LogP contribution in [0.2, 0.25) is 0 Å². The standard InChI is InChI=1S/2C4H11O3P.Mg/c2*1-3-4-8(5,6)7-2;/h2*3-4H2,1-2H3,(H,5,6);/q;;+2/p-2. The van der Waals surface area contributed by atoms with Crippen molar-refractivity contribution in [3.8, 4) is 0 Å². The van der Waals surface area contributed by atoms with Crippen LogP contribution in [0.25, 0.3) is 0 Å². The smallest absolute Gasteiger partial charge is 0.779 e. The second-order valence-corrected chi connectivity index (χ2v) is 7.10. The molecule has 0 rings (SSSR count). The van der Waals surface area contributed by atoms with E-state index in [2.05, 4.69) is 9.05 Å². The second kappa shape index (κ2) is 12.1. The molecule has 0 aliphatic heterocycles. The van der Waals surface area contributed by atoms with E-state index >= 15 is 0 Å². The van der Waals surface area contributed by atoms with Gasteiger partial charge in [0.25, 0.3) is 0 Å². The van der Waals surface area contributed by atoms with Gasteiger partial charge in [-0.05, 0) is 12.8 Å². The number of rotatable bonds is 6. The molecule has 0 aliphatic rings. The summed E-state index contributed by atoms with van der Waals surface area (Å²) in [6.07, 6.45) is 1.52. The first-order chi connectivity index (χ1) is 7.24. The molecule has 0 aromatic rings. The van der Waals surface area contributed by atoms with Crippen molar-refractivity contribution in [2.45, 2.75) is 26.7 Å². The Hall–Kier alpha value is 1.07. The van der Waals surface area contributed by atoms with Crippen molar-refractivity contribution in [1.29, 1.82) is 0 Å². The van der Waals surface area contributed by atoms with Crippen molar-refractivity contribution < 1.29 is 28.0 Å². The van der Waals surface area contributed by atoms with Crippen LogP contribution in [-0.2, 0) is 18.2 Å². The summed E-state index contributed by atoms with van der Waals surface area (Å²) >= 11 is 0. The van der Waals surface area contributed by atoms with E-state index in [1.54, 1.807) is 13.8 Å². The minimum Gasteiger partial charge on any atom is -0.779 e. The Kier molecular flexibility index (Phi) is 16.5. The Morgan fingerprint density at radius 1 is 0.882 bits per heavy atom. The predicted octanol–water partition coefficient (Wildman–Crippen LogP) is 0.812. The van der Waals surface area contributed by atoms with E-state index in [1.165, 1.54) is 14.2 Å². The summed E-state index contributed by atoms with van der Waals surface area (Å²) in [4.78, 5) is 20.8. The van der Waals surface area contributed by atoms with Gasteiger partial charge in [-0.15, -0.1) is 0 Å². The fourth-order valence-corrected chi connectivity index (χ4v) is 2.19. The van der Waals surface area contributed by atoms with Crippen LogP contribution in [-0.4, -0.2) is 49.6 Å². The van der Waals surface area contributed by atoms with E-state index in [4.69, 9.17) is 0 Å². The zero-order valence-electron chi connectivity index (χ0n) is 10.9. The van der Waals surface area contributed by atoms with Gasteiger partial charge in [-0.1, -0.05) is 13.8 Å². The molecule has 2 unspecified atom stereocenters. The van der Waals surface area contributed by atoms with Crippen LogP contribution in [0.15, 0.2) is 0 Å². The first-order valence-electron chi connectivity index (χ1n) is 4.96. The van der Waals surface area contributed by atoms with Crippen molar-refractivity contribution in [3.05, 3.63) is 0 Å². The van der Waals surface area contributed by atoms with Gasteiger partial charge in [-0.2, -0.15) is 0 Å². The largest absolute Gasteiger partial charge is 2.00 e. The second-order valence-electron chi connectivity index (χ2n) is 3.03. The summed E-state index contributed by atoms with van der Waals surface area (Å²) in [5.74, 6) is 0. The molecule has 0 fully saturated rings. The van der Waals surface area contributed by atoms with Gasteiger partial charge >= 0.3 is 23.1 Å². The minimum absolute atomic E-state index is 0. The van der Waals surface area contributed by atoms with E-state index in [9.17, 15) is 18.9 Å². The van der Waals surface area contributed by atoms with Crippen molar-refractivity contribution >= 4 is 38.2 Å². The zero-order valence-corrected chi connectivity index (χ0v) is 14.1. The van der Waals surface area contributed by atoms with Gasteiger partial charge in [-0.25, -0.2) is 0 Å². The maximum absolute atomic E-state index is 10.4. The van der Waals surface area contributed by atoms with Crippen LogP contribution in [0.4, 0.5) is 0 Å². The van der Waals surface area contributed by atoms with Crippen LogP contribution in [0.3, 0.4) is 0 Å². The summed E-state index contributed by atoms with van der Waals surface area (Å²) in [6, 6.07) is 0. The van der Waals surface area contributed by atoms with E-state index in [1.807, 2.05) is 0 Å². The quantitative estimate of drug-likeness (QED) is 0.531. The van der Waals surface area contributed by atoms with Crippen molar-refractivity contribution in [2.75, 3.05) is 26.5 Å². The molecule has 0 aromatic carbocycles. The van der Waals surface area contributed by atoms with Crippen molar-refractivity contribution in [1.82, 2.24) is 0 Å². The van der Waals surface area contributed by atoms with Gasteiger partial charge in [0.1, 0.15) is 15.2 Å². The summed E-state index contributed by atoms with van der Waals surface area (Å²) in [7, 11) is -4.48. The molecule has 0 amide bonds. The Morgan fingerprint density at radius 2 is 1.12 bits per heavy atom. The molecule has 0 bridgehead atoms. The molecule has 0 radical (unpaired) electrons. The summed E-state index contributed by atoms with van der Waals surface area (Å²) in [5, 5.41) is 0. The molecule has 100 valence electrons. The van der Waals surface area contributed by atoms with Crippen molar-refractivity contribution in [3.63, 3.8) is 0 Å². The monoisotopic (exact) mass is 298 g/mol. The van der Waals surface area contributed by atoms with Crippen LogP contribution < -0.4 is 9.79 Å². The molecule has 17 heavy (non-hydrogen) atoms. The van der Waals surface area contributed by atoms with E-state index in [0.717, 1.165) is 0 Å². The molecule has 0 N–H and O–H groups in total. The van der Waals surface area contributed by atoms with Gasteiger partial charge in [0, 0.05) is 26.5 Å². The maximum Gasteiger partial charge on any atom is 2.00 e. The van der Waals surface area contributed by atoms with Gasteiger partial charge in [0.2, 0.25) is 0 Å². The Balaban J connectivity index is -0.000000218. The Labute approximate surface area is 119 Å². The minimum atomic E-state index is -3.42. The molecular formula is C8H20MgO6P2. The maximum atomic E-state index is 10.4. The van der Waals surface area contributed by atoms with E-state index in [-0.39, 0.29) is 35.4 Å². The third-order valence-corrected chi connectivity index (χ3v) is 4.65. The fraction of sp³-hybridized carbons (Fsp3) is 1.00. The Morgan fingerprint density at radius 3 is 1.18 bits per heavy atom. The third-order valence-electron chi connectivity index (χ3n) is 1.55. The van der Waals surface area contributed by atoms with E-state index < -0.39 is 15.2 Å². The average molecular weight is 298 g/mol. The average Bonchev–Trinajstić information content (AvgIpc) is 2.19. The molecule has 0 saturated heterocycles. The topological polar surface area (TPSA) is 98.7 Å². The van der Waals surface area contributed by atoms with Crippen molar-refractivity contribution in [2.24, 2.45) is 0 Å². The third kappa shape index (κ3) is 17.1.